The summed E-state index contributed by atoms with van der Waals surface area (Å²) in [7, 11) is 0. The Kier molecular flexibility index (Phi) is 7.26. The lowest BCUT2D eigenvalue weighted by atomic mass is 10.1. The molecule has 1 saturated heterocycles. The summed E-state index contributed by atoms with van der Waals surface area (Å²) in [5, 5.41) is 0.648. The molecule has 2 aromatic carbocycles. The Balaban J connectivity index is 1.57. The molecule has 6 nitrogen and oxygen atoms in total. The number of hydrogen-bond acceptors (Lipinski definition) is 6. The van der Waals surface area contributed by atoms with E-state index in [1.165, 1.54) is 17.3 Å². The van der Waals surface area contributed by atoms with E-state index < -0.39 is 0 Å². The number of rotatable bonds is 6. The average Bonchev–Trinajstić information content (AvgIpc) is 3.40. The van der Waals surface area contributed by atoms with Crippen LogP contribution in [0.15, 0.2) is 68.9 Å². The third-order valence-corrected chi connectivity index (χ3v) is 6.55. The summed E-state index contributed by atoms with van der Waals surface area (Å²) < 4.78 is 11.3. The Bertz CT molecular complexity index is 1340. The highest BCUT2D eigenvalue weighted by Gasteiger charge is 2.32. The summed E-state index contributed by atoms with van der Waals surface area (Å²) in [5.74, 6) is 0.674. The number of carbonyl (C=O) groups excluding carboxylic acids is 2. The fraction of sp³-hybridized carbons (Fsp3) is 0.250. The van der Waals surface area contributed by atoms with Gasteiger partial charge >= 0.3 is 5.97 Å². The molecule has 0 radical (unpaired) electrons. The van der Waals surface area contributed by atoms with Crippen molar-refractivity contribution < 1.29 is 18.7 Å². The third kappa shape index (κ3) is 5.57. The quantitative estimate of drug-likeness (QED) is 0.283. The highest BCUT2D eigenvalue weighted by molar-refractivity contribution is 8.18. The van der Waals surface area contributed by atoms with Crippen LogP contribution in [0.5, 0.6) is 0 Å². The molecule has 1 aromatic heterocycles. The molecular weight excluding hydrogens is 460 g/mol. The predicted molar refractivity (Wildman–Crippen MR) is 141 cm³/mol. The molecule has 0 aliphatic carbocycles. The molecule has 0 atom stereocenters. The third-order valence-electron chi connectivity index (χ3n) is 5.55. The van der Waals surface area contributed by atoms with Crippen molar-refractivity contribution in [1.82, 2.24) is 4.90 Å². The standard InChI is InChI=1S/C28H28N2O4S/c1-6-30-26(31)25(35-28(30)29-22-11-10-18(4)19(5)14-22)16-23-12-13-24(34-23)20-8-7-9-21(15-20)27(32)33-17(2)3/h7-17H,6H2,1-5H3/b25-16+,29-28?. The molecule has 0 saturated carbocycles. The highest BCUT2D eigenvalue weighted by atomic mass is 32.2. The molecule has 0 spiro atoms. The molecule has 1 aliphatic heterocycles. The lowest BCUT2D eigenvalue weighted by Gasteiger charge is -2.12. The first kappa shape index (κ1) is 24.5. The molecular formula is C28H28N2O4S. The van der Waals surface area contributed by atoms with Crippen molar-refractivity contribution in [3.8, 4) is 11.3 Å². The van der Waals surface area contributed by atoms with E-state index in [1.807, 2.05) is 64.1 Å². The van der Waals surface area contributed by atoms with Crippen LogP contribution in [0.4, 0.5) is 5.69 Å². The molecule has 180 valence electrons. The van der Waals surface area contributed by atoms with E-state index in [2.05, 4.69) is 6.92 Å². The number of esters is 1. The zero-order valence-electron chi connectivity index (χ0n) is 20.5. The van der Waals surface area contributed by atoms with Gasteiger partial charge in [0.05, 0.1) is 22.3 Å². The Hall–Kier alpha value is -3.58. The van der Waals surface area contributed by atoms with Crippen molar-refractivity contribution in [3.05, 3.63) is 82.0 Å². The monoisotopic (exact) mass is 488 g/mol. The summed E-state index contributed by atoms with van der Waals surface area (Å²) in [6.07, 6.45) is 1.54. The van der Waals surface area contributed by atoms with Gasteiger partial charge in [0.15, 0.2) is 5.17 Å². The smallest absolute Gasteiger partial charge is 0.338 e. The fourth-order valence-electron chi connectivity index (χ4n) is 3.57. The van der Waals surface area contributed by atoms with E-state index in [1.54, 1.807) is 29.2 Å². The van der Waals surface area contributed by atoms with E-state index in [0.29, 0.717) is 33.7 Å². The van der Waals surface area contributed by atoms with Gasteiger partial charge in [0.1, 0.15) is 11.5 Å². The molecule has 2 heterocycles. The number of hydrogen-bond donors (Lipinski definition) is 0. The molecule has 1 amide bonds. The van der Waals surface area contributed by atoms with E-state index in [-0.39, 0.29) is 18.0 Å². The second-order valence-corrected chi connectivity index (χ2v) is 9.57. The molecule has 0 N–H and O–H groups in total. The number of aliphatic imine (C=N–C) groups is 1. The number of likely N-dealkylation sites (N-methyl/N-ethyl adjacent to an activating group) is 1. The van der Waals surface area contributed by atoms with Crippen LogP contribution < -0.4 is 0 Å². The Morgan fingerprint density at radius 1 is 1.11 bits per heavy atom. The van der Waals surface area contributed by atoms with Crippen LogP contribution in [-0.2, 0) is 9.53 Å². The van der Waals surface area contributed by atoms with Gasteiger partial charge in [0.25, 0.3) is 5.91 Å². The first-order valence-electron chi connectivity index (χ1n) is 11.5. The van der Waals surface area contributed by atoms with Gasteiger partial charge in [-0.2, -0.15) is 0 Å². The van der Waals surface area contributed by atoms with Crippen LogP contribution in [-0.4, -0.2) is 34.6 Å². The molecule has 1 aliphatic rings. The van der Waals surface area contributed by atoms with Gasteiger partial charge in [-0.15, -0.1) is 0 Å². The second-order valence-electron chi connectivity index (χ2n) is 8.56. The number of amides is 1. The second kappa shape index (κ2) is 10.4. The first-order chi connectivity index (χ1) is 16.7. The Labute approximate surface area is 209 Å². The molecule has 7 heteroatoms. The predicted octanol–water partition coefficient (Wildman–Crippen LogP) is 6.75. The normalized spacial score (nSPS) is 16.1. The number of amidine groups is 1. The van der Waals surface area contributed by atoms with Crippen molar-refractivity contribution in [2.75, 3.05) is 6.54 Å². The molecule has 35 heavy (non-hydrogen) atoms. The molecule has 3 aromatic rings. The number of carbonyl (C=O) groups is 2. The maximum atomic E-state index is 13.0. The first-order valence-corrected chi connectivity index (χ1v) is 12.4. The Morgan fingerprint density at radius 3 is 2.63 bits per heavy atom. The van der Waals surface area contributed by atoms with E-state index in [0.717, 1.165) is 16.8 Å². The van der Waals surface area contributed by atoms with Crippen LogP contribution in [0.25, 0.3) is 17.4 Å². The van der Waals surface area contributed by atoms with Crippen molar-refractivity contribution in [2.24, 2.45) is 4.99 Å². The van der Waals surface area contributed by atoms with Crippen LogP contribution in [0.2, 0.25) is 0 Å². The number of thioether (sulfide) groups is 1. The van der Waals surface area contributed by atoms with Gasteiger partial charge in [-0.05, 0) is 93.9 Å². The van der Waals surface area contributed by atoms with Gasteiger partial charge in [-0.25, -0.2) is 9.79 Å². The number of furan rings is 1. The average molecular weight is 489 g/mol. The topological polar surface area (TPSA) is 72.1 Å². The van der Waals surface area contributed by atoms with Crippen molar-refractivity contribution in [3.63, 3.8) is 0 Å². The van der Waals surface area contributed by atoms with Gasteiger partial charge in [-0.3, -0.25) is 9.69 Å². The van der Waals surface area contributed by atoms with Crippen LogP contribution in [0, 0.1) is 13.8 Å². The van der Waals surface area contributed by atoms with Gasteiger partial charge < -0.3 is 9.15 Å². The molecule has 4 rings (SSSR count). The number of nitrogens with zero attached hydrogens (tertiary/aromatic N) is 2. The molecule has 0 unspecified atom stereocenters. The minimum absolute atomic E-state index is 0.100. The summed E-state index contributed by atoms with van der Waals surface area (Å²) >= 11 is 1.33. The summed E-state index contributed by atoms with van der Waals surface area (Å²) in [5.41, 5.74) is 4.39. The number of benzene rings is 2. The molecule has 0 bridgehead atoms. The SMILES string of the molecule is CCN1C(=O)/C(=C\c2ccc(-c3cccc(C(=O)OC(C)C)c3)o2)SC1=Nc1ccc(C)c(C)c1. The van der Waals surface area contributed by atoms with Crippen molar-refractivity contribution in [2.45, 2.75) is 40.7 Å². The zero-order valence-corrected chi connectivity index (χ0v) is 21.3. The van der Waals surface area contributed by atoms with Gasteiger partial charge in [0, 0.05) is 18.2 Å². The van der Waals surface area contributed by atoms with E-state index in [4.69, 9.17) is 14.1 Å². The zero-order chi connectivity index (χ0) is 25.1. The van der Waals surface area contributed by atoms with E-state index >= 15 is 0 Å². The van der Waals surface area contributed by atoms with Gasteiger partial charge in [0.2, 0.25) is 0 Å². The lowest BCUT2D eigenvalue weighted by molar-refractivity contribution is -0.122. The van der Waals surface area contributed by atoms with Crippen LogP contribution in [0.1, 0.15) is 48.0 Å². The highest BCUT2D eigenvalue weighted by Crippen LogP contribution is 2.35. The van der Waals surface area contributed by atoms with Crippen molar-refractivity contribution >= 4 is 40.6 Å². The number of aryl methyl sites for hydroxylation is 2. The van der Waals surface area contributed by atoms with E-state index in [9.17, 15) is 9.59 Å². The van der Waals surface area contributed by atoms with Gasteiger partial charge in [-0.1, -0.05) is 18.2 Å². The Morgan fingerprint density at radius 2 is 1.91 bits per heavy atom. The lowest BCUT2D eigenvalue weighted by Crippen LogP contribution is -2.28. The molecule has 1 fully saturated rings. The summed E-state index contributed by atoms with van der Waals surface area (Å²) in [4.78, 5) is 32.2. The van der Waals surface area contributed by atoms with Crippen LogP contribution in [0.3, 0.4) is 0 Å². The summed E-state index contributed by atoms with van der Waals surface area (Å²) in [6.45, 7) is 10.2. The van der Waals surface area contributed by atoms with Crippen molar-refractivity contribution in [1.29, 1.82) is 0 Å². The number of ether oxygens (including phenoxy) is 1. The maximum absolute atomic E-state index is 13.0. The minimum atomic E-state index is -0.376. The fourth-order valence-corrected chi connectivity index (χ4v) is 4.61. The maximum Gasteiger partial charge on any atom is 0.338 e. The largest absolute Gasteiger partial charge is 0.459 e. The minimum Gasteiger partial charge on any atom is -0.459 e. The van der Waals surface area contributed by atoms with Crippen LogP contribution >= 0.6 is 11.8 Å². The summed E-state index contributed by atoms with van der Waals surface area (Å²) in [6, 6.07) is 16.8.